The van der Waals surface area contributed by atoms with E-state index in [2.05, 4.69) is 31.3 Å². The number of hydrogen-bond acceptors (Lipinski definition) is 3. The van der Waals surface area contributed by atoms with Gasteiger partial charge in [-0.15, -0.1) is 0 Å². The zero-order valence-corrected chi connectivity index (χ0v) is 12.3. The van der Waals surface area contributed by atoms with Crippen molar-refractivity contribution in [1.29, 1.82) is 0 Å². The van der Waals surface area contributed by atoms with Crippen molar-refractivity contribution in [3.63, 3.8) is 0 Å². The summed E-state index contributed by atoms with van der Waals surface area (Å²) in [6.07, 6.45) is 7.25. The molecule has 1 aromatic rings. The summed E-state index contributed by atoms with van der Waals surface area (Å²) in [6, 6.07) is 4.56. The molecule has 0 spiro atoms. The van der Waals surface area contributed by atoms with Crippen LogP contribution < -0.4 is 5.32 Å². The second-order valence-electron chi connectivity index (χ2n) is 5.38. The van der Waals surface area contributed by atoms with E-state index in [4.69, 9.17) is 9.15 Å². The molecule has 1 saturated heterocycles. The Morgan fingerprint density at radius 2 is 2.26 bits per heavy atom. The van der Waals surface area contributed by atoms with Crippen LogP contribution in [0.2, 0.25) is 0 Å². The van der Waals surface area contributed by atoms with Crippen molar-refractivity contribution < 1.29 is 9.15 Å². The van der Waals surface area contributed by atoms with E-state index in [9.17, 15) is 0 Å². The average molecular weight is 265 g/mol. The van der Waals surface area contributed by atoms with Crippen molar-refractivity contribution in [3.05, 3.63) is 23.7 Å². The van der Waals surface area contributed by atoms with Crippen molar-refractivity contribution >= 4 is 0 Å². The highest BCUT2D eigenvalue weighted by atomic mass is 16.5. The van der Waals surface area contributed by atoms with Gasteiger partial charge in [0.1, 0.15) is 11.5 Å². The van der Waals surface area contributed by atoms with Crippen LogP contribution in [0, 0.1) is 0 Å². The Balaban J connectivity index is 1.89. The lowest BCUT2D eigenvalue weighted by Gasteiger charge is -2.18. The lowest BCUT2D eigenvalue weighted by atomic mass is 10.0. The third kappa shape index (κ3) is 4.36. The highest BCUT2D eigenvalue weighted by Crippen LogP contribution is 2.25. The molecule has 1 aliphatic heterocycles. The van der Waals surface area contributed by atoms with Gasteiger partial charge in [0.2, 0.25) is 0 Å². The summed E-state index contributed by atoms with van der Waals surface area (Å²) < 4.78 is 11.6. The molecule has 3 nitrogen and oxygen atoms in total. The van der Waals surface area contributed by atoms with Crippen molar-refractivity contribution in [2.75, 3.05) is 13.2 Å². The Kier molecular flexibility index (Phi) is 5.93. The lowest BCUT2D eigenvalue weighted by molar-refractivity contribution is 0.0987. The normalized spacial score (nSPS) is 20.8. The van der Waals surface area contributed by atoms with E-state index in [1.165, 1.54) is 12.8 Å². The van der Waals surface area contributed by atoms with Crippen LogP contribution in [0.1, 0.15) is 63.5 Å². The molecule has 0 saturated carbocycles. The molecule has 0 radical (unpaired) electrons. The molecule has 0 bridgehead atoms. The summed E-state index contributed by atoms with van der Waals surface area (Å²) in [5.74, 6) is 2.17. The van der Waals surface area contributed by atoms with Gasteiger partial charge in [0.25, 0.3) is 0 Å². The summed E-state index contributed by atoms with van der Waals surface area (Å²) in [4.78, 5) is 0. The molecule has 0 amide bonds. The maximum absolute atomic E-state index is 5.90. The molecular formula is C16H27NO2. The molecule has 1 aliphatic rings. The monoisotopic (exact) mass is 265 g/mol. The zero-order chi connectivity index (χ0) is 13.5. The largest absolute Gasteiger partial charge is 0.464 e. The van der Waals surface area contributed by atoms with E-state index in [-0.39, 0.29) is 0 Å². The van der Waals surface area contributed by atoms with Gasteiger partial charge < -0.3 is 14.5 Å². The molecule has 1 N–H and O–H groups in total. The quantitative estimate of drug-likeness (QED) is 0.775. The number of furan rings is 1. The second-order valence-corrected chi connectivity index (χ2v) is 5.38. The zero-order valence-electron chi connectivity index (χ0n) is 12.3. The number of hydrogen-bond donors (Lipinski definition) is 1. The van der Waals surface area contributed by atoms with Crippen LogP contribution in [0.25, 0.3) is 0 Å². The molecule has 1 aromatic heterocycles. The van der Waals surface area contributed by atoms with Crippen LogP contribution in [-0.4, -0.2) is 19.3 Å². The molecule has 2 heterocycles. The first-order valence-electron chi connectivity index (χ1n) is 7.77. The molecule has 2 unspecified atom stereocenters. The second kappa shape index (κ2) is 7.71. The van der Waals surface area contributed by atoms with Crippen LogP contribution >= 0.6 is 0 Å². The first kappa shape index (κ1) is 14.6. The Bertz CT molecular complexity index is 355. The van der Waals surface area contributed by atoms with Gasteiger partial charge >= 0.3 is 0 Å². The highest BCUT2D eigenvalue weighted by molar-refractivity contribution is 5.11. The molecule has 108 valence electrons. The number of ether oxygens (including phenoxy) is 1. The van der Waals surface area contributed by atoms with Crippen molar-refractivity contribution in [3.8, 4) is 0 Å². The van der Waals surface area contributed by atoms with Crippen LogP contribution in [0.15, 0.2) is 16.5 Å². The Hall–Kier alpha value is -0.800. The van der Waals surface area contributed by atoms with Crippen molar-refractivity contribution in [1.82, 2.24) is 5.32 Å². The minimum Gasteiger partial charge on any atom is -0.464 e. The number of nitrogens with one attached hydrogen (secondary N) is 1. The smallest absolute Gasteiger partial charge is 0.121 e. The maximum Gasteiger partial charge on any atom is 0.121 e. The highest BCUT2D eigenvalue weighted by Gasteiger charge is 2.20. The van der Waals surface area contributed by atoms with E-state index in [0.717, 1.165) is 50.4 Å². The van der Waals surface area contributed by atoms with E-state index >= 15 is 0 Å². The topological polar surface area (TPSA) is 34.4 Å². The molecular weight excluding hydrogens is 238 g/mol. The number of rotatable bonds is 8. The maximum atomic E-state index is 5.90. The fourth-order valence-electron chi connectivity index (χ4n) is 2.66. The summed E-state index contributed by atoms with van der Waals surface area (Å²) in [5, 5.41) is 3.60. The van der Waals surface area contributed by atoms with Crippen LogP contribution in [-0.2, 0) is 11.2 Å². The minimum absolute atomic E-state index is 0.337. The molecule has 1 fully saturated rings. The van der Waals surface area contributed by atoms with Crippen LogP contribution in [0.5, 0.6) is 0 Å². The predicted octanol–water partition coefficient (Wildman–Crippen LogP) is 3.84. The minimum atomic E-state index is 0.337. The standard InChI is InChI=1S/C16H27NO2/c1-3-11-17-15(9-7-14-6-5-12-18-14)16-10-8-13(4-2)19-16/h8,10,14-15,17H,3-7,9,11-12H2,1-2H3. The Labute approximate surface area is 116 Å². The third-order valence-corrected chi connectivity index (χ3v) is 3.82. The summed E-state index contributed by atoms with van der Waals surface area (Å²) in [7, 11) is 0. The van der Waals surface area contributed by atoms with Crippen molar-refractivity contribution in [2.24, 2.45) is 0 Å². The summed E-state index contributed by atoms with van der Waals surface area (Å²) in [5.41, 5.74) is 0. The molecule has 0 aromatic carbocycles. The lowest BCUT2D eigenvalue weighted by Crippen LogP contribution is -2.23. The Morgan fingerprint density at radius 3 is 2.89 bits per heavy atom. The molecule has 3 heteroatoms. The van der Waals surface area contributed by atoms with Gasteiger partial charge in [-0.1, -0.05) is 13.8 Å². The SMILES string of the molecule is CCCNC(CCC1CCCO1)c1ccc(CC)o1. The van der Waals surface area contributed by atoms with E-state index < -0.39 is 0 Å². The third-order valence-electron chi connectivity index (χ3n) is 3.82. The van der Waals surface area contributed by atoms with Crippen LogP contribution in [0.4, 0.5) is 0 Å². The molecule has 19 heavy (non-hydrogen) atoms. The van der Waals surface area contributed by atoms with Gasteiger partial charge in [0.15, 0.2) is 0 Å². The molecule has 2 rings (SSSR count). The predicted molar refractivity (Wildman–Crippen MR) is 77.3 cm³/mol. The van der Waals surface area contributed by atoms with Gasteiger partial charge in [-0.05, 0) is 50.8 Å². The summed E-state index contributed by atoms with van der Waals surface area (Å²) >= 11 is 0. The first-order chi connectivity index (χ1) is 9.33. The van der Waals surface area contributed by atoms with Gasteiger partial charge in [-0.3, -0.25) is 0 Å². The fraction of sp³-hybridized carbons (Fsp3) is 0.750. The first-order valence-corrected chi connectivity index (χ1v) is 7.77. The molecule has 0 aliphatic carbocycles. The fourth-order valence-corrected chi connectivity index (χ4v) is 2.66. The van der Waals surface area contributed by atoms with Gasteiger partial charge in [-0.25, -0.2) is 0 Å². The molecule has 2 atom stereocenters. The van der Waals surface area contributed by atoms with E-state index in [1.807, 2.05) is 0 Å². The number of aryl methyl sites for hydroxylation is 1. The van der Waals surface area contributed by atoms with E-state index in [0.29, 0.717) is 12.1 Å². The summed E-state index contributed by atoms with van der Waals surface area (Å²) in [6.45, 7) is 6.31. The average Bonchev–Trinajstić information content (AvgIpc) is 3.09. The van der Waals surface area contributed by atoms with Gasteiger partial charge in [0.05, 0.1) is 12.1 Å². The van der Waals surface area contributed by atoms with Gasteiger partial charge in [0, 0.05) is 13.0 Å². The van der Waals surface area contributed by atoms with Crippen molar-refractivity contribution in [2.45, 2.75) is 64.5 Å². The van der Waals surface area contributed by atoms with Gasteiger partial charge in [-0.2, -0.15) is 0 Å². The van der Waals surface area contributed by atoms with Crippen LogP contribution in [0.3, 0.4) is 0 Å². The van der Waals surface area contributed by atoms with E-state index in [1.54, 1.807) is 0 Å². The Morgan fingerprint density at radius 1 is 1.37 bits per heavy atom.